The van der Waals surface area contributed by atoms with Gasteiger partial charge in [-0.05, 0) is 38.1 Å². The second kappa shape index (κ2) is 7.59. The fourth-order valence-electron chi connectivity index (χ4n) is 1.19. The molecule has 0 saturated heterocycles. The van der Waals surface area contributed by atoms with Crippen molar-refractivity contribution in [1.82, 2.24) is 0 Å². The Morgan fingerprint density at radius 3 is 2.18 bits per heavy atom. The van der Waals surface area contributed by atoms with Crippen LogP contribution in [0.5, 0.6) is 0 Å². The minimum Gasteiger partial charge on any atom is -0.308 e. The molecular formula is C11H16BrO3PS. The van der Waals surface area contributed by atoms with Crippen LogP contribution in [0.15, 0.2) is 33.6 Å². The van der Waals surface area contributed by atoms with E-state index in [4.69, 9.17) is 9.05 Å². The molecule has 6 heteroatoms. The van der Waals surface area contributed by atoms with Gasteiger partial charge < -0.3 is 9.05 Å². The smallest absolute Gasteiger partial charge is 0.308 e. The van der Waals surface area contributed by atoms with Gasteiger partial charge >= 0.3 is 7.60 Å². The number of halogens is 1. The predicted molar refractivity (Wildman–Crippen MR) is 75.7 cm³/mol. The van der Waals surface area contributed by atoms with E-state index in [1.54, 1.807) is 0 Å². The van der Waals surface area contributed by atoms with Crippen LogP contribution in [-0.4, -0.2) is 18.7 Å². The van der Waals surface area contributed by atoms with Crippen molar-refractivity contribution < 1.29 is 13.6 Å². The van der Waals surface area contributed by atoms with Gasteiger partial charge in [0.25, 0.3) is 0 Å². The molecule has 0 N–H and O–H groups in total. The molecule has 1 rings (SSSR count). The van der Waals surface area contributed by atoms with E-state index in [1.165, 1.54) is 11.8 Å². The molecule has 0 spiro atoms. The molecule has 1 aromatic rings. The summed E-state index contributed by atoms with van der Waals surface area (Å²) in [7, 11) is -2.95. The van der Waals surface area contributed by atoms with Gasteiger partial charge in [-0.25, -0.2) is 0 Å². The van der Waals surface area contributed by atoms with Crippen molar-refractivity contribution in [3.8, 4) is 0 Å². The Balaban J connectivity index is 2.57. The summed E-state index contributed by atoms with van der Waals surface area (Å²) in [4.78, 5) is 1.05. The van der Waals surface area contributed by atoms with Gasteiger partial charge in [-0.3, -0.25) is 4.57 Å². The van der Waals surface area contributed by atoms with Crippen molar-refractivity contribution in [1.29, 1.82) is 0 Å². The Morgan fingerprint density at radius 2 is 1.71 bits per heavy atom. The number of hydrogen-bond donors (Lipinski definition) is 0. The topological polar surface area (TPSA) is 35.5 Å². The van der Waals surface area contributed by atoms with Crippen LogP contribution in [0.4, 0.5) is 0 Å². The lowest BCUT2D eigenvalue weighted by molar-refractivity contribution is 0.224. The minimum atomic E-state index is -2.95. The average molecular weight is 339 g/mol. The molecule has 0 atom stereocenters. The molecule has 0 saturated carbocycles. The van der Waals surface area contributed by atoms with Crippen molar-refractivity contribution in [3.63, 3.8) is 0 Å². The number of hydrogen-bond acceptors (Lipinski definition) is 4. The third-order valence-corrected chi connectivity index (χ3v) is 6.07. The summed E-state index contributed by atoms with van der Waals surface area (Å²) in [6.07, 6.45) is 0. The van der Waals surface area contributed by atoms with Crippen LogP contribution < -0.4 is 0 Å². The van der Waals surface area contributed by atoms with Gasteiger partial charge in [0.15, 0.2) is 0 Å². The van der Waals surface area contributed by atoms with Crippen LogP contribution in [0.25, 0.3) is 0 Å². The first-order valence-corrected chi connectivity index (χ1v) is 8.87. The monoisotopic (exact) mass is 338 g/mol. The van der Waals surface area contributed by atoms with E-state index in [0.717, 1.165) is 9.37 Å². The van der Waals surface area contributed by atoms with Crippen LogP contribution in [-0.2, 0) is 13.6 Å². The van der Waals surface area contributed by atoms with Gasteiger partial charge in [-0.15, -0.1) is 11.8 Å². The van der Waals surface area contributed by atoms with E-state index in [0.29, 0.717) is 18.7 Å². The third kappa shape index (κ3) is 5.58. The van der Waals surface area contributed by atoms with Crippen molar-refractivity contribution in [2.45, 2.75) is 18.7 Å². The molecule has 3 nitrogen and oxygen atoms in total. The summed E-state index contributed by atoms with van der Waals surface area (Å²) in [5.74, 6) is 0. The Bertz CT molecular complexity index is 373. The zero-order chi connectivity index (χ0) is 12.7. The molecule has 0 amide bonds. The largest absolute Gasteiger partial charge is 0.340 e. The molecule has 96 valence electrons. The van der Waals surface area contributed by atoms with E-state index >= 15 is 0 Å². The normalized spacial score (nSPS) is 11.7. The molecule has 0 aliphatic rings. The van der Waals surface area contributed by atoms with E-state index < -0.39 is 7.60 Å². The second-order valence-corrected chi connectivity index (χ2v) is 7.62. The molecule has 0 fully saturated rings. The fraction of sp³-hybridized carbons (Fsp3) is 0.455. The number of rotatable bonds is 7. The van der Waals surface area contributed by atoms with Crippen LogP contribution in [0.2, 0.25) is 0 Å². The molecule has 1 aromatic carbocycles. The van der Waals surface area contributed by atoms with Crippen LogP contribution in [0, 0.1) is 0 Å². The zero-order valence-corrected chi connectivity index (χ0v) is 13.2. The van der Waals surface area contributed by atoms with Gasteiger partial charge in [0.2, 0.25) is 0 Å². The first kappa shape index (κ1) is 15.3. The van der Waals surface area contributed by atoms with Gasteiger partial charge in [-0.1, -0.05) is 15.9 Å². The van der Waals surface area contributed by atoms with Gasteiger partial charge in [0.1, 0.15) is 5.49 Å². The summed E-state index contributed by atoms with van der Waals surface area (Å²) in [5.41, 5.74) is 0.344. The predicted octanol–water partition coefficient (Wildman–Crippen LogP) is 4.76. The van der Waals surface area contributed by atoms with Crippen LogP contribution >= 0.6 is 35.3 Å². The number of thioether (sulfide) groups is 1. The van der Waals surface area contributed by atoms with Crippen molar-refractivity contribution in [2.75, 3.05) is 18.7 Å². The summed E-state index contributed by atoms with van der Waals surface area (Å²) in [6.45, 7) is 4.43. The highest BCUT2D eigenvalue weighted by Crippen LogP contribution is 2.52. The second-order valence-electron chi connectivity index (χ2n) is 3.17. The van der Waals surface area contributed by atoms with Gasteiger partial charge in [-0.2, -0.15) is 0 Å². The lowest BCUT2D eigenvalue weighted by Gasteiger charge is -2.16. The molecule has 17 heavy (non-hydrogen) atoms. The van der Waals surface area contributed by atoms with E-state index in [2.05, 4.69) is 15.9 Å². The first-order chi connectivity index (χ1) is 8.09. The lowest BCUT2D eigenvalue weighted by Crippen LogP contribution is -1.97. The molecule has 0 aliphatic carbocycles. The molecular weight excluding hydrogens is 323 g/mol. The number of benzene rings is 1. The highest BCUT2D eigenvalue weighted by Gasteiger charge is 2.23. The quantitative estimate of drug-likeness (QED) is 0.530. The van der Waals surface area contributed by atoms with Crippen molar-refractivity contribution in [3.05, 3.63) is 28.7 Å². The molecule has 0 bridgehead atoms. The summed E-state index contributed by atoms with van der Waals surface area (Å²) < 4.78 is 23.6. The third-order valence-electron chi connectivity index (χ3n) is 1.85. The van der Waals surface area contributed by atoms with E-state index in [1.807, 2.05) is 38.1 Å². The highest BCUT2D eigenvalue weighted by atomic mass is 79.9. The highest BCUT2D eigenvalue weighted by molar-refractivity contribution is 9.10. The maximum Gasteiger partial charge on any atom is 0.340 e. The van der Waals surface area contributed by atoms with E-state index in [9.17, 15) is 4.57 Å². The molecule has 0 radical (unpaired) electrons. The molecule has 0 aliphatic heterocycles. The minimum absolute atomic E-state index is 0.344. The Labute approximate surface area is 115 Å². The Hall–Kier alpha value is 0.200. The van der Waals surface area contributed by atoms with Gasteiger partial charge in [0.05, 0.1) is 13.2 Å². The van der Waals surface area contributed by atoms with Crippen LogP contribution in [0.3, 0.4) is 0 Å². The summed E-state index contributed by atoms with van der Waals surface area (Å²) in [6, 6.07) is 7.84. The zero-order valence-electron chi connectivity index (χ0n) is 9.89. The SMILES string of the molecule is CCOP(=O)(CSc1ccc(Br)cc1)OCC. The van der Waals surface area contributed by atoms with Crippen molar-refractivity contribution >= 4 is 35.3 Å². The van der Waals surface area contributed by atoms with Crippen molar-refractivity contribution in [2.24, 2.45) is 0 Å². The molecule has 0 unspecified atom stereocenters. The maximum absolute atomic E-state index is 12.2. The van der Waals surface area contributed by atoms with E-state index in [-0.39, 0.29) is 0 Å². The Morgan fingerprint density at radius 1 is 1.18 bits per heavy atom. The Kier molecular flexibility index (Phi) is 6.82. The summed E-state index contributed by atoms with van der Waals surface area (Å²) >= 11 is 4.85. The average Bonchev–Trinajstić information content (AvgIpc) is 2.29. The standard InChI is InChI=1S/C11H16BrO3PS/c1-3-14-16(13,15-4-2)9-17-11-7-5-10(12)6-8-11/h5-8H,3-4,9H2,1-2H3. The first-order valence-electron chi connectivity index (χ1n) is 5.36. The maximum atomic E-state index is 12.2. The van der Waals surface area contributed by atoms with Gasteiger partial charge in [0, 0.05) is 9.37 Å². The fourth-order valence-corrected chi connectivity index (χ4v) is 4.47. The summed E-state index contributed by atoms with van der Waals surface area (Å²) in [5, 5.41) is 0. The molecule has 0 heterocycles. The molecule has 0 aromatic heterocycles. The van der Waals surface area contributed by atoms with Crippen LogP contribution in [0.1, 0.15) is 13.8 Å². The lowest BCUT2D eigenvalue weighted by atomic mass is 10.4.